The maximum absolute atomic E-state index is 12.8. The standard InChI is InChI=1S/C34H31ClN6O2S/c35-32-13-12-31(44-32)34(43)40-16-14-39(15-17-40)28-8-10-29(11-9-28)41(22-26-2-1-3-30(42)18-26)23-27-21-37-33(38-27)19-24-4-6-25(20-36)7-5-24/h1-13,18,21,42H,14-17,19,22-23H2,(H,37,38). The van der Waals surface area contributed by atoms with Crippen LogP contribution in [0.25, 0.3) is 0 Å². The molecule has 1 fully saturated rings. The number of halogens is 1. The van der Waals surface area contributed by atoms with Gasteiger partial charge in [-0.05, 0) is 71.8 Å². The topological polar surface area (TPSA) is 99.5 Å². The van der Waals surface area contributed by atoms with Gasteiger partial charge >= 0.3 is 0 Å². The molecule has 6 rings (SSSR count). The molecule has 0 radical (unpaired) electrons. The number of carbonyl (C=O) groups excluding carboxylic acids is 1. The molecule has 0 atom stereocenters. The lowest BCUT2D eigenvalue weighted by Gasteiger charge is -2.36. The second kappa shape index (κ2) is 13.2. The number of amides is 1. The number of aromatic amines is 1. The molecule has 0 saturated carbocycles. The molecule has 1 amide bonds. The van der Waals surface area contributed by atoms with E-state index in [9.17, 15) is 9.90 Å². The van der Waals surface area contributed by atoms with Gasteiger partial charge in [0.2, 0.25) is 0 Å². The van der Waals surface area contributed by atoms with Crippen molar-refractivity contribution >= 4 is 40.2 Å². The number of phenols is 1. The molecule has 2 aromatic heterocycles. The maximum Gasteiger partial charge on any atom is 0.264 e. The minimum absolute atomic E-state index is 0.0401. The van der Waals surface area contributed by atoms with Crippen LogP contribution in [0.15, 0.2) is 91.1 Å². The summed E-state index contributed by atoms with van der Waals surface area (Å²) in [5.74, 6) is 1.14. The third-order valence-corrected chi connectivity index (χ3v) is 8.93. The third kappa shape index (κ3) is 7.05. The van der Waals surface area contributed by atoms with Crippen molar-refractivity contribution in [3.05, 3.63) is 129 Å². The van der Waals surface area contributed by atoms with Crippen LogP contribution in [-0.4, -0.2) is 52.1 Å². The van der Waals surface area contributed by atoms with E-state index in [0.29, 0.717) is 47.4 Å². The first kappa shape index (κ1) is 29.3. The van der Waals surface area contributed by atoms with E-state index in [1.807, 2.05) is 47.5 Å². The summed E-state index contributed by atoms with van der Waals surface area (Å²) in [6, 6.07) is 29.1. The van der Waals surface area contributed by atoms with Crippen LogP contribution in [0.5, 0.6) is 5.75 Å². The highest BCUT2D eigenvalue weighted by molar-refractivity contribution is 7.17. The summed E-state index contributed by atoms with van der Waals surface area (Å²) < 4.78 is 0.626. The molecule has 10 heteroatoms. The fourth-order valence-corrected chi connectivity index (χ4v) is 6.42. The second-order valence-electron chi connectivity index (χ2n) is 10.8. The Hall–Kier alpha value is -4.78. The van der Waals surface area contributed by atoms with Crippen molar-refractivity contribution in [2.45, 2.75) is 19.5 Å². The van der Waals surface area contributed by atoms with Crippen molar-refractivity contribution in [2.24, 2.45) is 0 Å². The minimum atomic E-state index is 0.0401. The molecule has 3 aromatic carbocycles. The number of imidazole rings is 1. The number of nitrogens with one attached hydrogen (secondary N) is 1. The Labute approximate surface area is 265 Å². The Bertz CT molecular complexity index is 1770. The summed E-state index contributed by atoms with van der Waals surface area (Å²) in [7, 11) is 0. The summed E-state index contributed by atoms with van der Waals surface area (Å²) in [5, 5.41) is 19.1. The minimum Gasteiger partial charge on any atom is -0.508 e. The van der Waals surface area contributed by atoms with E-state index in [2.05, 4.69) is 50.1 Å². The number of nitriles is 1. The number of carbonyl (C=O) groups is 1. The van der Waals surface area contributed by atoms with Crippen LogP contribution in [0.4, 0.5) is 11.4 Å². The number of piperazine rings is 1. The van der Waals surface area contributed by atoms with Crippen LogP contribution >= 0.6 is 22.9 Å². The summed E-state index contributed by atoms with van der Waals surface area (Å²) in [6.45, 7) is 4.03. The first-order chi connectivity index (χ1) is 21.4. The molecule has 0 aliphatic carbocycles. The normalized spacial score (nSPS) is 13.1. The third-order valence-electron chi connectivity index (χ3n) is 7.71. The van der Waals surface area contributed by atoms with Gasteiger partial charge in [0.1, 0.15) is 11.6 Å². The van der Waals surface area contributed by atoms with Gasteiger partial charge in [-0.25, -0.2) is 4.98 Å². The predicted octanol–water partition coefficient (Wildman–Crippen LogP) is 6.46. The number of anilines is 2. The molecule has 5 aromatic rings. The van der Waals surface area contributed by atoms with Crippen LogP contribution in [0, 0.1) is 11.3 Å². The summed E-state index contributed by atoms with van der Waals surface area (Å²) in [5.41, 5.74) is 5.86. The van der Waals surface area contributed by atoms with Crippen molar-refractivity contribution in [1.29, 1.82) is 5.26 Å². The zero-order valence-electron chi connectivity index (χ0n) is 24.0. The van der Waals surface area contributed by atoms with Gasteiger partial charge < -0.3 is 24.8 Å². The highest BCUT2D eigenvalue weighted by Gasteiger charge is 2.23. The number of thiophene rings is 1. The molecule has 0 bridgehead atoms. The number of hydrogen-bond donors (Lipinski definition) is 2. The molecule has 1 saturated heterocycles. The van der Waals surface area contributed by atoms with Crippen LogP contribution < -0.4 is 9.80 Å². The van der Waals surface area contributed by atoms with Crippen molar-refractivity contribution < 1.29 is 9.90 Å². The molecule has 0 spiro atoms. The zero-order chi connectivity index (χ0) is 30.5. The SMILES string of the molecule is N#Cc1ccc(Cc2ncc(CN(Cc3cccc(O)c3)c3ccc(N4CCN(C(=O)c5ccc(Cl)s5)CC4)cc3)[nH]2)cc1. The van der Waals surface area contributed by atoms with Crippen LogP contribution in [-0.2, 0) is 19.5 Å². The summed E-state index contributed by atoms with van der Waals surface area (Å²) in [4.78, 5) is 28.0. The van der Waals surface area contributed by atoms with Gasteiger partial charge in [-0.2, -0.15) is 5.26 Å². The first-order valence-electron chi connectivity index (χ1n) is 14.4. The highest BCUT2D eigenvalue weighted by atomic mass is 35.5. The molecule has 44 heavy (non-hydrogen) atoms. The zero-order valence-corrected chi connectivity index (χ0v) is 25.6. The van der Waals surface area contributed by atoms with Crippen molar-refractivity contribution in [2.75, 3.05) is 36.0 Å². The van der Waals surface area contributed by atoms with Gasteiger partial charge in [0.15, 0.2) is 0 Å². The van der Waals surface area contributed by atoms with Crippen molar-refractivity contribution in [3.63, 3.8) is 0 Å². The number of phenolic OH excluding ortho intramolecular Hbond substituents is 1. The van der Waals surface area contributed by atoms with Gasteiger partial charge in [0.05, 0.1) is 39.3 Å². The molecular weight excluding hydrogens is 592 g/mol. The monoisotopic (exact) mass is 622 g/mol. The van der Waals surface area contributed by atoms with Gasteiger partial charge in [0.25, 0.3) is 5.91 Å². The predicted molar refractivity (Wildman–Crippen MR) is 174 cm³/mol. The van der Waals surface area contributed by atoms with E-state index in [1.165, 1.54) is 11.3 Å². The Morgan fingerprint density at radius 3 is 2.43 bits per heavy atom. The molecule has 0 unspecified atom stereocenters. The maximum atomic E-state index is 12.8. The fraction of sp³-hybridized carbons (Fsp3) is 0.206. The number of aromatic nitrogens is 2. The average Bonchev–Trinajstić information content (AvgIpc) is 3.69. The Kier molecular flexibility index (Phi) is 8.82. The molecular formula is C34H31ClN6O2S. The number of H-pyrrole nitrogens is 1. The quantitative estimate of drug-likeness (QED) is 0.196. The van der Waals surface area contributed by atoms with Gasteiger partial charge in [-0.3, -0.25) is 4.79 Å². The van der Waals surface area contributed by atoms with Crippen LogP contribution in [0.3, 0.4) is 0 Å². The second-order valence-corrected chi connectivity index (χ2v) is 12.5. The molecule has 1 aliphatic heterocycles. The Morgan fingerprint density at radius 2 is 1.75 bits per heavy atom. The lowest BCUT2D eigenvalue weighted by molar-refractivity contribution is 0.0751. The number of rotatable bonds is 9. The Balaban J connectivity index is 1.14. The molecule has 1 aliphatic rings. The number of benzene rings is 3. The summed E-state index contributed by atoms with van der Waals surface area (Å²) >= 11 is 7.35. The first-order valence-corrected chi connectivity index (χ1v) is 15.6. The largest absolute Gasteiger partial charge is 0.508 e. The molecule has 8 nitrogen and oxygen atoms in total. The average molecular weight is 623 g/mol. The lowest BCUT2D eigenvalue weighted by atomic mass is 10.1. The van der Waals surface area contributed by atoms with Crippen molar-refractivity contribution in [3.8, 4) is 11.8 Å². The van der Waals surface area contributed by atoms with E-state index >= 15 is 0 Å². The molecule has 3 heterocycles. The van der Waals surface area contributed by atoms with E-state index in [0.717, 1.165) is 47.1 Å². The van der Waals surface area contributed by atoms with Gasteiger partial charge in [-0.15, -0.1) is 11.3 Å². The Morgan fingerprint density at radius 1 is 0.977 bits per heavy atom. The van der Waals surface area contributed by atoms with E-state index < -0.39 is 0 Å². The molecule has 2 N–H and O–H groups in total. The van der Waals surface area contributed by atoms with E-state index in [4.69, 9.17) is 16.9 Å². The fourth-order valence-electron chi connectivity index (χ4n) is 5.41. The number of aromatic hydroxyl groups is 1. The van der Waals surface area contributed by atoms with Crippen molar-refractivity contribution in [1.82, 2.24) is 14.9 Å². The smallest absolute Gasteiger partial charge is 0.264 e. The number of nitrogens with zero attached hydrogens (tertiary/aromatic N) is 5. The van der Waals surface area contributed by atoms with Crippen LogP contribution in [0.1, 0.15) is 37.9 Å². The molecule has 222 valence electrons. The van der Waals surface area contributed by atoms with Gasteiger partial charge in [-0.1, -0.05) is 35.9 Å². The van der Waals surface area contributed by atoms with E-state index in [1.54, 1.807) is 24.3 Å². The van der Waals surface area contributed by atoms with E-state index in [-0.39, 0.29) is 11.7 Å². The summed E-state index contributed by atoms with van der Waals surface area (Å²) in [6.07, 6.45) is 2.51. The van der Waals surface area contributed by atoms with Gasteiger partial charge in [0, 0.05) is 50.5 Å². The number of hydrogen-bond acceptors (Lipinski definition) is 7. The highest BCUT2D eigenvalue weighted by Crippen LogP contribution is 2.27. The van der Waals surface area contributed by atoms with Crippen LogP contribution in [0.2, 0.25) is 4.34 Å². The lowest BCUT2D eigenvalue weighted by Crippen LogP contribution is -2.48.